The van der Waals surface area contributed by atoms with E-state index in [1.807, 2.05) is 18.2 Å². The molecule has 1 fully saturated rings. The van der Waals surface area contributed by atoms with Crippen LogP contribution in [0.5, 0.6) is 0 Å². The number of rotatable bonds is 2. The zero-order valence-electron chi connectivity index (χ0n) is 9.46. The molecule has 0 aromatic heterocycles. The monoisotopic (exact) mass is 239 g/mol. The fourth-order valence-electron chi connectivity index (χ4n) is 2.06. The van der Waals surface area contributed by atoms with Crippen molar-refractivity contribution in [2.75, 3.05) is 24.6 Å². The summed E-state index contributed by atoms with van der Waals surface area (Å²) in [5.41, 5.74) is 1.25. The van der Waals surface area contributed by atoms with E-state index in [4.69, 9.17) is 0 Å². The molecular weight excluding hydrogens is 222 g/mol. The lowest BCUT2D eigenvalue weighted by Crippen LogP contribution is -2.41. The van der Waals surface area contributed by atoms with Crippen molar-refractivity contribution in [2.45, 2.75) is 13.0 Å². The normalized spacial score (nSPS) is 22.8. The molecule has 1 saturated heterocycles. The van der Waals surface area contributed by atoms with Crippen LogP contribution in [0.25, 0.3) is 0 Å². The molecule has 0 N–H and O–H groups in total. The lowest BCUT2D eigenvalue weighted by atomic mass is 10.1. The van der Waals surface area contributed by atoms with E-state index >= 15 is 0 Å². The number of benzene rings is 1. The van der Waals surface area contributed by atoms with E-state index in [2.05, 4.69) is 24.0 Å². The highest BCUT2D eigenvalue weighted by Crippen LogP contribution is 2.21. The van der Waals surface area contributed by atoms with Gasteiger partial charge in [-0.15, -0.1) is 0 Å². The molecule has 3 nitrogen and oxygen atoms in total. The van der Waals surface area contributed by atoms with E-state index in [0.29, 0.717) is 30.6 Å². The van der Waals surface area contributed by atoms with Gasteiger partial charge in [-0.25, -0.2) is 8.42 Å². The Hall–Kier alpha value is -0.870. The predicted octanol–water partition coefficient (Wildman–Crippen LogP) is 1.48. The lowest BCUT2D eigenvalue weighted by molar-refractivity contribution is 0.229. The van der Waals surface area contributed by atoms with Crippen LogP contribution >= 0.6 is 0 Å². The summed E-state index contributed by atoms with van der Waals surface area (Å²) >= 11 is 0. The average molecular weight is 239 g/mol. The Morgan fingerprint density at radius 3 is 2.25 bits per heavy atom. The molecule has 16 heavy (non-hydrogen) atoms. The second-order valence-electron chi connectivity index (χ2n) is 4.27. The SMILES string of the molecule is CC(c1ccccc1)N1CCS(=O)(=O)CC1. The molecule has 0 bridgehead atoms. The molecule has 1 aromatic carbocycles. The second-order valence-corrected chi connectivity index (χ2v) is 6.58. The van der Waals surface area contributed by atoms with Gasteiger partial charge in [0.15, 0.2) is 9.84 Å². The topological polar surface area (TPSA) is 37.4 Å². The first-order valence-electron chi connectivity index (χ1n) is 5.58. The van der Waals surface area contributed by atoms with Gasteiger partial charge >= 0.3 is 0 Å². The van der Waals surface area contributed by atoms with Crippen molar-refractivity contribution in [1.29, 1.82) is 0 Å². The molecule has 1 heterocycles. The molecule has 0 radical (unpaired) electrons. The molecule has 1 unspecified atom stereocenters. The van der Waals surface area contributed by atoms with Crippen molar-refractivity contribution < 1.29 is 8.42 Å². The zero-order valence-corrected chi connectivity index (χ0v) is 10.3. The minimum absolute atomic E-state index is 0.296. The predicted molar refractivity (Wildman–Crippen MR) is 65.1 cm³/mol. The third kappa shape index (κ3) is 2.62. The Labute approximate surface area is 97.0 Å². The average Bonchev–Trinajstić information content (AvgIpc) is 2.29. The molecule has 0 aliphatic carbocycles. The van der Waals surface area contributed by atoms with Gasteiger partial charge in [-0.3, -0.25) is 4.90 Å². The van der Waals surface area contributed by atoms with Crippen LogP contribution < -0.4 is 0 Å². The summed E-state index contributed by atoms with van der Waals surface area (Å²) in [4.78, 5) is 2.23. The fourth-order valence-corrected chi connectivity index (χ4v) is 3.29. The van der Waals surface area contributed by atoms with Crippen LogP contribution in [-0.2, 0) is 9.84 Å². The first-order chi connectivity index (χ1) is 7.58. The van der Waals surface area contributed by atoms with Crippen LogP contribution in [0.3, 0.4) is 0 Å². The van der Waals surface area contributed by atoms with Gasteiger partial charge in [0.2, 0.25) is 0 Å². The highest BCUT2D eigenvalue weighted by Gasteiger charge is 2.25. The van der Waals surface area contributed by atoms with Crippen molar-refractivity contribution in [3.8, 4) is 0 Å². The van der Waals surface area contributed by atoms with Crippen LogP contribution in [0.4, 0.5) is 0 Å². The molecule has 1 aliphatic heterocycles. The fraction of sp³-hybridized carbons (Fsp3) is 0.500. The van der Waals surface area contributed by atoms with E-state index in [-0.39, 0.29) is 0 Å². The summed E-state index contributed by atoms with van der Waals surface area (Å²) in [6.07, 6.45) is 0. The van der Waals surface area contributed by atoms with Crippen molar-refractivity contribution >= 4 is 9.84 Å². The van der Waals surface area contributed by atoms with E-state index in [1.165, 1.54) is 5.56 Å². The minimum Gasteiger partial charge on any atom is -0.295 e. The molecule has 2 rings (SSSR count). The quantitative estimate of drug-likeness (QED) is 0.784. The van der Waals surface area contributed by atoms with Crippen LogP contribution in [0, 0.1) is 0 Å². The van der Waals surface area contributed by atoms with E-state index in [9.17, 15) is 8.42 Å². The molecular formula is C12H17NO2S. The first kappa shape index (κ1) is 11.6. The van der Waals surface area contributed by atoms with E-state index < -0.39 is 9.84 Å². The van der Waals surface area contributed by atoms with Gasteiger partial charge in [-0.2, -0.15) is 0 Å². The summed E-state index contributed by atoms with van der Waals surface area (Å²) < 4.78 is 22.7. The van der Waals surface area contributed by atoms with Crippen molar-refractivity contribution in [1.82, 2.24) is 4.90 Å². The molecule has 4 heteroatoms. The maximum absolute atomic E-state index is 11.3. The zero-order chi connectivity index (χ0) is 11.6. The molecule has 1 aromatic rings. The third-order valence-corrected chi connectivity index (χ3v) is 4.82. The molecule has 88 valence electrons. The van der Waals surface area contributed by atoms with Gasteiger partial charge < -0.3 is 0 Å². The minimum atomic E-state index is -2.77. The van der Waals surface area contributed by atoms with Crippen LogP contribution in [0.1, 0.15) is 18.5 Å². The Bertz CT molecular complexity index is 427. The van der Waals surface area contributed by atoms with Gasteiger partial charge in [0.1, 0.15) is 0 Å². The smallest absolute Gasteiger partial charge is 0.152 e. The summed E-state index contributed by atoms with van der Waals surface area (Å²) in [5.74, 6) is 0.592. The maximum atomic E-state index is 11.3. The molecule has 0 amide bonds. The molecule has 1 atom stereocenters. The van der Waals surface area contributed by atoms with Gasteiger partial charge in [0.05, 0.1) is 11.5 Å². The summed E-state index contributed by atoms with van der Waals surface area (Å²) in [6.45, 7) is 3.43. The molecule has 0 spiro atoms. The number of hydrogen-bond acceptors (Lipinski definition) is 3. The van der Waals surface area contributed by atoms with Crippen molar-refractivity contribution in [3.05, 3.63) is 35.9 Å². The Balaban J connectivity index is 2.05. The summed E-state index contributed by atoms with van der Waals surface area (Å²) in [6, 6.07) is 10.5. The highest BCUT2D eigenvalue weighted by atomic mass is 32.2. The molecule has 1 aliphatic rings. The summed E-state index contributed by atoms with van der Waals surface area (Å²) in [5, 5.41) is 0. The van der Waals surface area contributed by atoms with Crippen LogP contribution in [-0.4, -0.2) is 37.9 Å². The van der Waals surface area contributed by atoms with E-state index in [0.717, 1.165) is 0 Å². The third-order valence-electron chi connectivity index (χ3n) is 3.21. The first-order valence-corrected chi connectivity index (χ1v) is 7.40. The van der Waals surface area contributed by atoms with Crippen molar-refractivity contribution in [3.63, 3.8) is 0 Å². The van der Waals surface area contributed by atoms with Gasteiger partial charge in [-0.05, 0) is 12.5 Å². The van der Waals surface area contributed by atoms with Crippen LogP contribution in [0.2, 0.25) is 0 Å². The summed E-state index contributed by atoms with van der Waals surface area (Å²) in [7, 11) is -2.77. The standard InChI is InChI=1S/C12H17NO2S/c1-11(12-5-3-2-4-6-12)13-7-9-16(14,15)10-8-13/h2-6,11H,7-10H2,1H3. The largest absolute Gasteiger partial charge is 0.295 e. The highest BCUT2D eigenvalue weighted by molar-refractivity contribution is 7.91. The van der Waals surface area contributed by atoms with Crippen LogP contribution in [0.15, 0.2) is 30.3 Å². The maximum Gasteiger partial charge on any atom is 0.152 e. The lowest BCUT2D eigenvalue weighted by Gasteiger charge is -2.32. The van der Waals surface area contributed by atoms with Crippen molar-refractivity contribution in [2.24, 2.45) is 0 Å². The number of sulfone groups is 1. The van der Waals surface area contributed by atoms with Gasteiger partial charge in [0, 0.05) is 19.1 Å². The van der Waals surface area contributed by atoms with E-state index in [1.54, 1.807) is 0 Å². The van der Waals surface area contributed by atoms with Gasteiger partial charge in [-0.1, -0.05) is 30.3 Å². The van der Waals surface area contributed by atoms with Gasteiger partial charge in [0.25, 0.3) is 0 Å². The number of nitrogens with zero attached hydrogens (tertiary/aromatic N) is 1. The number of hydrogen-bond donors (Lipinski definition) is 0. The molecule has 0 saturated carbocycles. The second kappa shape index (κ2) is 4.55. The Morgan fingerprint density at radius 2 is 1.69 bits per heavy atom. The Morgan fingerprint density at radius 1 is 1.12 bits per heavy atom. The Kier molecular flexibility index (Phi) is 3.30.